The van der Waals surface area contributed by atoms with E-state index in [0.29, 0.717) is 29.3 Å². The smallest absolute Gasteiger partial charge is 0.490 e. The zero-order valence-electron chi connectivity index (χ0n) is 29.4. The fourth-order valence-corrected chi connectivity index (χ4v) is 4.69. The average Bonchev–Trinajstić information content (AvgIpc) is 3.47. The Morgan fingerprint density at radius 1 is 0.927 bits per heavy atom. The van der Waals surface area contributed by atoms with Crippen LogP contribution in [0.4, 0.5) is 26.3 Å². The molecule has 0 fully saturated rings. The van der Waals surface area contributed by atoms with Gasteiger partial charge in [-0.25, -0.2) is 19.2 Å². The first kappa shape index (κ1) is 44.8. The molecule has 55 heavy (non-hydrogen) atoms. The quantitative estimate of drug-likeness (QED) is 0.0661. The number of benzene rings is 3. The van der Waals surface area contributed by atoms with E-state index < -0.39 is 41.9 Å². The number of carboxylic acid groups (broad SMARTS) is 3. The number of alkyl halides is 6. The van der Waals surface area contributed by atoms with Gasteiger partial charge in [-0.05, 0) is 62.8 Å². The number of methoxy groups -OCH3 is 1. The van der Waals surface area contributed by atoms with Crippen LogP contribution in [-0.4, -0.2) is 105 Å². The number of nitrogens with two attached hydrogens (primary N) is 1. The minimum absolute atomic E-state index is 0.0305. The third kappa shape index (κ3) is 13.5. The molecule has 1 aromatic heterocycles. The number of rotatable bonds is 12. The molecule has 0 saturated heterocycles. The van der Waals surface area contributed by atoms with E-state index in [2.05, 4.69) is 10.1 Å². The number of nitrogen functional groups attached to an aromatic ring is 1. The van der Waals surface area contributed by atoms with Crippen LogP contribution in [0.25, 0.3) is 5.69 Å². The van der Waals surface area contributed by atoms with Crippen LogP contribution in [0.15, 0.2) is 71.5 Å². The highest BCUT2D eigenvalue weighted by Crippen LogP contribution is 2.35. The second-order valence-electron chi connectivity index (χ2n) is 11.6. The molecule has 4 rings (SSSR count). The van der Waals surface area contributed by atoms with Gasteiger partial charge in [0.2, 0.25) is 0 Å². The van der Waals surface area contributed by atoms with Gasteiger partial charge in [0.25, 0.3) is 0 Å². The molecule has 15 nitrogen and oxygen atoms in total. The Morgan fingerprint density at radius 3 is 1.95 bits per heavy atom. The number of ether oxygens (including phenoxy) is 2. The number of hydrogen-bond acceptors (Lipinski definition) is 9. The number of carboxylic acids is 3. The number of aliphatic carboxylic acids is 2. The number of carbonyl (C=O) groups is 3. The summed E-state index contributed by atoms with van der Waals surface area (Å²) in [6.07, 6.45) is -9.81. The summed E-state index contributed by atoms with van der Waals surface area (Å²) >= 11 is 0. The van der Waals surface area contributed by atoms with Gasteiger partial charge in [0.05, 0.1) is 18.4 Å². The van der Waals surface area contributed by atoms with Crippen LogP contribution in [0, 0.1) is 5.41 Å². The maximum Gasteiger partial charge on any atom is 0.490 e. The second kappa shape index (κ2) is 19.1. The lowest BCUT2D eigenvalue weighted by atomic mass is 9.90. The highest BCUT2D eigenvalue weighted by molar-refractivity contribution is 5.95. The molecule has 4 aromatic rings. The topological polar surface area (TPSA) is 234 Å². The second-order valence-corrected chi connectivity index (χ2v) is 11.6. The van der Waals surface area contributed by atoms with Crippen LogP contribution in [0.2, 0.25) is 0 Å². The van der Waals surface area contributed by atoms with E-state index in [1.807, 2.05) is 56.3 Å². The molecule has 0 bridgehead atoms. The van der Waals surface area contributed by atoms with E-state index in [4.69, 9.17) is 40.4 Å². The lowest BCUT2D eigenvalue weighted by Crippen LogP contribution is -2.28. The predicted molar refractivity (Wildman–Crippen MR) is 183 cm³/mol. The normalized spacial score (nSPS) is 12.3. The Kier molecular flexibility index (Phi) is 15.5. The Hall–Kier alpha value is -6.38. The van der Waals surface area contributed by atoms with Gasteiger partial charge in [-0.3, -0.25) is 10.4 Å². The number of likely N-dealkylation sites (N-methyl/N-ethyl adjacent to an activating group) is 1. The molecule has 0 aliphatic heterocycles. The largest absolute Gasteiger partial charge is 0.493 e. The van der Waals surface area contributed by atoms with Crippen LogP contribution < -0.4 is 20.9 Å². The molecule has 1 heterocycles. The van der Waals surface area contributed by atoms with E-state index >= 15 is 0 Å². The highest BCUT2D eigenvalue weighted by atomic mass is 19.4. The number of amidine groups is 1. The minimum Gasteiger partial charge on any atom is -0.493 e. The zero-order chi connectivity index (χ0) is 41.8. The SMILES string of the molecule is COc1cc(C(Cc2ccc(C(=N)N)cc2)c2nn(-c3ccccc3C(=O)O)c(=O)[nH]2)ccc1OC(C)CN(C)C.O=C(O)C(F)(F)F.O=C(O)C(F)(F)F. The van der Waals surface area contributed by atoms with Crippen LogP contribution in [-0.2, 0) is 16.0 Å². The Labute approximate surface area is 308 Å². The molecule has 2 atom stereocenters. The molecule has 21 heteroatoms. The number of halogens is 6. The molecule has 7 N–H and O–H groups in total. The van der Waals surface area contributed by atoms with Gasteiger partial charge in [0, 0.05) is 18.0 Å². The van der Waals surface area contributed by atoms with Crippen molar-refractivity contribution in [3.8, 4) is 17.2 Å². The van der Waals surface area contributed by atoms with Crippen LogP contribution in [0.1, 0.15) is 45.7 Å². The number of aromatic carboxylic acids is 1. The molecule has 0 aliphatic carbocycles. The van der Waals surface area contributed by atoms with Crippen LogP contribution >= 0.6 is 0 Å². The monoisotopic (exact) mass is 786 g/mol. The van der Waals surface area contributed by atoms with Crippen molar-refractivity contribution in [3.63, 3.8) is 0 Å². The first-order chi connectivity index (χ1) is 25.5. The van der Waals surface area contributed by atoms with Gasteiger partial charge in [-0.15, -0.1) is 5.10 Å². The number of para-hydroxylation sites is 1. The first-order valence-electron chi connectivity index (χ1n) is 15.5. The number of nitrogens with zero attached hydrogens (tertiary/aromatic N) is 3. The molecule has 3 aromatic carbocycles. The van der Waals surface area contributed by atoms with Gasteiger partial charge >= 0.3 is 36.0 Å². The number of aromatic nitrogens is 3. The number of aromatic amines is 1. The summed E-state index contributed by atoms with van der Waals surface area (Å²) in [5.41, 5.74) is 7.50. The molecule has 0 spiro atoms. The molecule has 2 unspecified atom stereocenters. The Bertz CT molecular complexity index is 1990. The van der Waals surface area contributed by atoms with E-state index in [1.54, 1.807) is 31.4 Å². The van der Waals surface area contributed by atoms with Crippen molar-refractivity contribution in [3.05, 3.63) is 105 Å². The highest BCUT2D eigenvalue weighted by Gasteiger charge is 2.39. The maximum atomic E-state index is 13.1. The van der Waals surface area contributed by atoms with Crippen molar-refractivity contribution in [2.45, 2.75) is 37.7 Å². The number of hydrogen-bond donors (Lipinski definition) is 6. The Morgan fingerprint density at radius 2 is 1.47 bits per heavy atom. The summed E-state index contributed by atoms with van der Waals surface area (Å²) in [4.78, 5) is 47.6. The maximum absolute atomic E-state index is 13.1. The van der Waals surface area contributed by atoms with E-state index in [-0.39, 0.29) is 23.2 Å². The Balaban J connectivity index is 0.000000633. The summed E-state index contributed by atoms with van der Waals surface area (Å²) in [6, 6.07) is 19.1. The van der Waals surface area contributed by atoms with Crippen molar-refractivity contribution in [1.82, 2.24) is 19.7 Å². The van der Waals surface area contributed by atoms with Crippen LogP contribution in [0.5, 0.6) is 11.5 Å². The van der Waals surface area contributed by atoms with Gasteiger partial charge in [0.15, 0.2) is 11.5 Å². The third-order valence-corrected chi connectivity index (χ3v) is 7.06. The van der Waals surface area contributed by atoms with Crippen LogP contribution in [0.3, 0.4) is 0 Å². The van der Waals surface area contributed by atoms with Crippen molar-refractivity contribution in [1.29, 1.82) is 5.41 Å². The zero-order valence-corrected chi connectivity index (χ0v) is 29.4. The van der Waals surface area contributed by atoms with Crippen molar-refractivity contribution in [2.75, 3.05) is 27.7 Å². The standard InChI is InChI=1S/C30H34N6O5.2C2HF3O2/c1-18(17-35(2)3)41-25-14-13-21(16-26(25)40-4)23(15-19-9-11-20(12-10-19)27(31)32)28-33-30(39)36(34-28)24-8-6-5-7-22(24)29(37)38;2*3-2(4,5)1(6)7/h5-14,16,18,23H,15,17H2,1-4H3,(H3,31,32)(H,37,38)(H,33,34,39);2*(H,6,7). The summed E-state index contributed by atoms with van der Waals surface area (Å²) in [5.74, 6) is -5.68. The van der Waals surface area contributed by atoms with Gasteiger partial charge in [0.1, 0.15) is 17.8 Å². The lowest BCUT2D eigenvalue weighted by Gasteiger charge is -2.22. The molecule has 0 radical (unpaired) electrons. The third-order valence-electron chi connectivity index (χ3n) is 7.06. The first-order valence-corrected chi connectivity index (χ1v) is 15.5. The summed E-state index contributed by atoms with van der Waals surface area (Å²) in [5, 5.41) is 36.1. The molecule has 0 saturated carbocycles. The van der Waals surface area contributed by atoms with Crippen molar-refractivity contribution < 1.29 is 65.5 Å². The average molecular weight is 787 g/mol. The van der Waals surface area contributed by atoms with E-state index in [1.165, 1.54) is 12.1 Å². The molecular weight excluding hydrogens is 750 g/mol. The lowest BCUT2D eigenvalue weighted by molar-refractivity contribution is -0.193. The summed E-state index contributed by atoms with van der Waals surface area (Å²) < 4.78 is 76.3. The van der Waals surface area contributed by atoms with E-state index in [9.17, 15) is 41.0 Å². The molecule has 0 aliphatic rings. The fraction of sp³-hybridized carbons (Fsp3) is 0.294. The van der Waals surface area contributed by atoms with Gasteiger partial charge in [-0.2, -0.15) is 31.0 Å². The van der Waals surface area contributed by atoms with Crippen molar-refractivity contribution in [2.24, 2.45) is 5.73 Å². The minimum atomic E-state index is -5.08. The predicted octanol–water partition coefficient (Wildman–Crippen LogP) is 4.52. The summed E-state index contributed by atoms with van der Waals surface area (Å²) in [7, 11) is 5.52. The van der Waals surface area contributed by atoms with Gasteiger partial charge < -0.3 is 35.4 Å². The molecular formula is C34H36F6N6O9. The van der Waals surface area contributed by atoms with Gasteiger partial charge in [-0.1, -0.05) is 42.5 Å². The summed E-state index contributed by atoms with van der Waals surface area (Å²) in [6.45, 7) is 2.70. The number of H-pyrrole nitrogens is 1. The van der Waals surface area contributed by atoms with E-state index in [0.717, 1.165) is 22.4 Å². The van der Waals surface area contributed by atoms with Crippen molar-refractivity contribution >= 4 is 23.7 Å². The fourth-order valence-electron chi connectivity index (χ4n) is 4.69. The molecule has 298 valence electrons. The molecule has 0 amide bonds. The number of nitrogens with one attached hydrogen (secondary N) is 2.